The molecule has 1 rings (SSSR count). The summed E-state index contributed by atoms with van der Waals surface area (Å²) in [5.41, 5.74) is 0. The highest BCUT2D eigenvalue weighted by Gasteiger charge is 2.12. The van der Waals surface area contributed by atoms with E-state index in [-0.39, 0.29) is 0 Å². The number of carbonyl (C=O) groups excluding carboxylic acids is 1. The fourth-order valence-corrected chi connectivity index (χ4v) is 1.94. The van der Waals surface area contributed by atoms with Gasteiger partial charge in [0.15, 0.2) is 0 Å². The molecule has 0 aromatic carbocycles. The van der Waals surface area contributed by atoms with E-state index in [1.54, 1.807) is 11.8 Å². The van der Waals surface area contributed by atoms with E-state index in [1.807, 2.05) is 0 Å². The maximum Gasteiger partial charge on any atom is 0.129 e. The van der Waals surface area contributed by atoms with Crippen LogP contribution in [-0.4, -0.2) is 30.5 Å². The van der Waals surface area contributed by atoms with Gasteiger partial charge in [0.05, 0.1) is 6.10 Å². The lowest BCUT2D eigenvalue weighted by Gasteiger charge is -2.21. The minimum Gasteiger partial charge on any atom is -0.377 e. The van der Waals surface area contributed by atoms with Crippen LogP contribution in [0.4, 0.5) is 0 Å². The van der Waals surface area contributed by atoms with Crippen LogP contribution in [0.5, 0.6) is 0 Å². The van der Waals surface area contributed by atoms with E-state index in [0.717, 1.165) is 18.6 Å². The summed E-state index contributed by atoms with van der Waals surface area (Å²) in [6, 6.07) is 0. The van der Waals surface area contributed by atoms with Crippen LogP contribution >= 0.6 is 11.8 Å². The van der Waals surface area contributed by atoms with Crippen molar-refractivity contribution in [2.75, 3.05) is 18.1 Å². The molecule has 1 saturated heterocycles. The van der Waals surface area contributed by atoms with Gasteiger partial charge in [-0.25, -0.2) is 0 Å². The number of aldehydes is 1. The first-order chi connectivity index (χ1) is 5.43. The standard InChI is InChI=1S/C8H14O2S/c9-4-6-11-7-8-3-1-2-5-10-8/h4,8H,1-3,5-7H2/t8-/m1/s1. The number of thioether (sulfide) groups is 1. The molecule has 0 aliphatic carbocycles. The highest BCUT2D eigenvalue weighted by Crippen LogP contribution is 2.16. The van der Waals surface area contributed by atoms with Gasteiger partial charge in [0.2, 0.25) is 0 Å². The first-order valence-corrected chi connectivity index (χ1v) is 5.22. The minimum atomic E-state index is 0.411. The minimum absolute atomic E-state index is 0.411. The highest BCUT2D eigenvalue weighted by molar-refractivity contribution is 7.99. The predicted octanol–water partition coefficient (Wildman–Crippen LogP) is 1.49. The Balaban J connectivity index is 2.00. The van der Waals surface area contributed by atoms with Gasteiger partial charge in [-0.1, -0.05) is 0 Å². The quantitative estimate of drug-likeness (QED) is 0.477. The van der Waals surface area contributed by atoms with Gasteiger partial charge in [-0.2, -0.15) is 11.8 Å². The van der Waals surface area contributed by atoms with Crippen LogP contribution in [0, 0.1) is 0 Å². The van der Waals surface area contributed by atoms with Crippen LogP contribution in [0.1, 0.15) is 19.3 Å². The van der Waals surface area contributed by atoms with E-state index in [4.69, 9.17) is 4.74 Å². The van der Waals surface area contributed by atoms with Crippen molar-refractivity contribution < 1.29 is 9.53 Å². The van der Waals surface area contributed by atoms with Crippen LogP contribution < -0.4 is 0 Å². The van der Waals surface area contributed by atoms with Crippen LogP contribution in [0.2, 0.25) is 0 Å². The molecule has 1 aliphatic heterocycles. The maximum atomic E-state index is 9.98. The van der Waals surface area contributed by atoms with Gasteiger partial charge in [-0.15, -0.1) is 0 Å². The van der Waals surface area contributed by atoms with E-state index in [1.165, 1.54) is 19.3 Å². The second-order valence-corrected chi connectivity index (χ2v) is 3.77. The van der Waals surface area contributed by atoms with Crippen molar-refractivity contribution in [3.8, 4) is 0 Å². The van der Waals surface area contributed by atoms with E-state index in [0.29, 0.717) is 11.9 Å². The van der Waals surface area contributed by atoms with Crippen LogP contribution in [0.25, 0.3) is 0 Å². The normalized spacial score (nSPS) is 24.9. The largest absolute Gasteiger partial charge is 0.377 e. The Hall–Kier alpha value is -0.0200. The zero-order valence-corrected chi connectivity index (χ0v) is 7.44. The monoisotopic (exact) mass is 174 g/mol. The number of ether oxygens (including phenoxy) is 1. The Morgan fingerprint density at radius 1 is 1.55 bits per heavy atom. The first kappa shape index (κ1) is 9.07. The fourth-order valence-electron chi connectivity index (χ4n) is 1.19. The van der Waals surface area contributed by atoms with Crippen LogP contribution in [0.15, 0.2) is 0 Å². The third-order valence-electron chi connectivity index (χ3n) is 1.76. The molecule has 0 radical (unpaired) electrons. The molecule has 0 amide bonds. The molecule has 0 aromatic heterocycles. The van der Waals surface area contributed by atoms with Crippen molar-refractivity contribution in [1.29, 1.82) is 0 Å². The zero-order valence-electron chi connectivity index (χ0n) is 6.62. The van der Waals surface area contributed by atoms with E-state index >= 15 is 0 Å². The molecule has 0 bridgehead atoms. The Bertz CT molecular complexity index is 111. The molecule has 64 valence electrons. The lowest BCUT2D eigenvalue weighted by atomic mass is 10.1. The van der Waals surface area contributed by atoms with Gasteiger partial charge in [0.25, 0.3) is 0 Å². The van der Waals surface area contributed by atoms with E-state index < -0.39 is 0 Å². The first-order valence-electron chi connectivity index (χ1n) is 4.06. The van der Waals surface area contributed by atoms with Gasteiger partial charge in [0.1, 0.15) is 6.29 Å². The summed E-state index contributed by atoms with van der Waals surface area (Å²) in [5, 5.41) is 0. The molecule has 2 nitrogen and oxygen atoms in total. The Kier molecular flexibility index (Phi) is 4.62. The van der Waals surface area contributed by atoms with Crippen molar-refractivity contribution in [3.63, 3.8) is 0 Å². The average Bonchev–Trinajstić information content (AvgIpc) is 2.07. The van der Waals surface area contributed by atoms with Crippen molar-refractivity contribution >= 4 is 18.0 Å². The maximum absolute atomic E-state index is 9.98. The zero-order chi connectivity index (χ0) is 7.94. The lowest BCUT2D eigenvalue weighted by Crippen LogP contribution is -2.21. The molecule has 1 fully saturated rings. The summed E-state index contributed by atoms with van der Waals surface area (Å²) in [4.78, 5) is 9.98. The number of hydrogen-bond acceptors (Lipinski definition) is 3. The van der Waals surface area contributed by atoms with Crippen LogP contribution in [0.3, 0.4) is 0 Å². The molecule has 11 heavy (non-hydrogen) atoms. The van der Waals surface area contributed by atoms with Gasteiger partial charge in [0, 0.05) is 18.1 Å². The topological polar surface area (TPSA) is 26.3 Å². The Morgan fingerprint density at radius 2 is 2.45 bits per heavy atom. The van der Waals surface area contributed by atoms with Gasteiger partial charge in [-0.3, -0.25) is 0 Å². The second kappa shape index (κ2) is 5.61. The molecule has 3 heteroatoms. The van der Waals surface area contributed by atoms with Crippen molar-refractivity contribution in [3.05, 3.63) is 0 Å². The predicted molar refractivity (Wildman–Crippen MR) is 47.0 cm³/mol. The molecular weight excluding hydrogens is 160 g/mol. The highest BCUT2D eigenvalue weighted by atomic mass is 32.2. The molecule has 0 aromatic rings. The van der Waals surface area contributed by atoms with Gasteiger partial charge >= 0.3 is 0 Å². The summed E-state index contributed by atoms with van der Waals surface area (Å²) in [6.45, 7) is 0.909. The molecule has 0 N–H and O–H groups in total. The smallest absolute Gasteiger partial charge is 0.129 e. The summed E-state index contributed by atoms with van der Waals surface area (Å²) >= 11 is 1.67. The van der Waals surface area contributed by atoms with Crippen molar-refractivity contribution in [2.45, 2.75) is 25.4 Å². The fraction of sp³-hybridized carbons (Fsp3) is 0.875. The SMILES string of the molecule is O=CCSC[C@H]1CCCCO1. The van der Waals surface area contributed by atoms with Crippen molar-refractivity contribution in [1.82, 2.24) is 0 Å². The van der Waals surface area contributed by atoms with E-state index in [9.17, 15) is 4.79 Å². The molecule has 0 spiro atoms. The molecular formula is C8H14O2S. The number of carbonyl (C=O) groups is 1. The van der Waals surface area contributed by atoms with Gasteiger partial charge < -0.3 is 9.53 Å². The molecule has 0 saturated carbocycles. The molecule has 1 atom stereocenters. The number of hydrogen-bond donors (Lipinski definition) is 0. The van der Waals surface area contributed by atoms with E-state index in [2.05, 4.69) is 0 Å². The van der Waals surface area contributed by atoms with Crippen molar-refractivity contribution in [2.24, 2.45) is 0 Å². The average molecular weight is 174 g/mol. The Labute approximate surface area is 71.7 Å². The molecule has 1 heterocycles. The van der Waals surface area contributed by atoms with Gasteiger partial charge in [-0.05, 0) is 19.3 Å². The summed E-state index contributed by atoms with van der Waals surface area (Å²) in [7, 11) is 0. The second-order valence-electron chi connectivity index (χ2n) is 2.69. The van der Waals surface area contributed by atoms with Crippen LogP contribution in [-0.2, 0) is 9.53 Å². The molecule has 1 aliphatic rings. The number of rotatable bonds is 4. The summed E-state index contributed by atoms with van der Waals surface area (Å²) in [5.74, 6) is 1.60. The lowest BCUT2D eigenvalue weighted by molar-refractivity contribution is -0.105. The third kappa shape index (κ3) is 3.77. The Morgan fingerprint density at radius 3 is 3.09 bits per heavy atom. The third-order valence-corrected chi connectivity index (χ3v) is 2.74. The summed E-state index contributed by atoms with van der Waals surface area (Å²) < 4.78 is 5.49. The molecule has 0 unspecified atom stereocenters. The summed E-state index contributed by atoms with van der Waals surface area (Å²) in [6.07, 6.45) is 5.02.